The minimum absolute atomic E-state index is 0.0914. The standard InChI is InChI=1S/C5H8N2.C2H6O4S/c1-5-6-3-4-7(5)2;1-2-6-7(3,4)5/h3-4H,1-2H3;2H2,1H3,(H,3,4,5). The fourth-order valence-corrected chi connectivity index (χ4v) is 0.916. The molecule has 0 atom stereocenters. The van der Waals surface area contributed by atoms with Crippen LogP contribution in [0.25, 0.3) is 0 Å². The lowest BCUT2D eigenvalue weighted by Gasteiger charge is -2.02. The Kier molecular flexibility index (Phi) is 5.36. The Hall–Kier alpha value is -0.920. The molecule has 0 aliphatic carbocycles. The van der Waals surface area contributed by atoms with Crippen LogP contribution in [-0.2, 0) is 21.6 Å². The average Bonchev–Trinajstić information content (AvgIpc) is 2.35. The van der Waals surface area contributed by atoms with Crippen LogP contribution in [0.15, 0.2) is 12.4 Å². The number of imidazole rings is 1. The third-order valence-corrected chi connectivity index (χ3v) is 1.91. The normalized spacial score (nSPS) is 10.6. The number of aromatic amines is 1. The SMILES string of the molecule is CCOS(=O)(=O)[O-].Cc1[nH]cc[n+]1C. The highest BCUT2D eigenvalue weighted by Crippen LogP contribution is 1.80. The largest absolute Gasteiger partial charge is 0.726 e. The number of hydrogen-bond acceptors (Lipinski definition) is 4. The topological polar surface area (TPSA) is 86.1 Å². The van der Waals surface area contributed by atoms with Crippen LogP contribution in [0, 0.1) is 6.92 Å². The summed E-state index contributed by atoms with van der Waals surface area (Å²) in [6.45, 7) is 3.36. The van der Waals surface area contributed by atoms with Gasteiger partial charge in [0.05, 0.1) is 13.7 Å². The second kappa shape index (κ2) is 5.74. The molecule has 0 saturated heterocycles. The van der Waals surface area contributed by atoms with Crippen LogP contribution in [-0.4, -0.2) is 24.6 Å². The van der Waals surface area contributed by atoms with Gasteiger partial charge in [0.2, 0.25) is 10.4 Å². The van der Waals surface area contributed by atoms with Crippen LogP contribution in [0.3, 0.4) is 0 Å². The molecule has 1 rings (SSSR count). The van der Waals surface area contributed by atoms with E-state index in [2.05, 4.69) is 9.17 Å². The molecule has 1 heterocycles. The highest BCUT2D eigenvalue weighted by Gasteiger charge is 1.93. The Morgan fingerprint density at radius 2 is 2.21 bits per heavy atom. The van der Waals surface area contributed by atoms with Crippen molar-refractivity contribution in [2.45, 2.75) is 13.8 Å². The van der Waals surface area contributed by atoms with Crippen molar-refractivity contribution in [2.75, 3.05) is 6.61 Å². The first-order valence-corrected chi connectivity index (χ1v) is 5.30. The summed E-state index contributed by atoms with van der Waals surface area (Å²) in [7, 11) is -2.42. The zero-order valence-electron chi connectivity index (χ0n) is 8.35. The summed E-state index contributed by atoms with van der Waals surface area (Å²) in [5, 5.41) is 0. The number of aryl methyl sites for hydroxylation is 2. The lowest BCUT2D eigenvalue weighted by molar-refractivity contribution is -0.676. The van der Waals surface area contributed by atoms with Gasteiger partial charge in [-0.1, -0.05) is 0 Å². The van der Waals surface area contributed by atoms with Gasteiger partial charge in [-0.3, -0.25) is 4.18 Å². The first-order chi connectivity index (χ1) is 6.37. The van der Waals surface area contributed by atoms with Crippen LogP contribution in [0.2, 0.25) is 0 Å². The molecule has 1 N–H and O–H groups in total. The maximum absolute atomic E-state index is 9.45. The molecule has 0 aliphatic heterocycles. The number of nitrogens with one attached hydrogen (secondary N) is 1. The smallest absolute Gasteiger partial charge is 0.250 e. The van der Waals surface area contributed by atoms with Crippen molar-refractivity contribution < 1.29 is 21.7 Å². The average molecular weight is 222 g/mol. The quantitative estimate of drug-likeness (QED) is 0.420. The van der Waals surface area contributed by atoms with Crippen LogP contribution < -0.4 is 4.57 Å². The van der Waals surface area contributed by atoms with Gasteiger partial charge in [0.1, 0.15) is 12.4 Å². The predicted molar refractivity (Wildman–Crippen MR) is 48.0 cm³/mol. The van der Waals surface area contributed by atoms with E-state index in [4.69, 9.17) is 0 Å². The number of rotatable bonds is 2. The Morgan fingerprint density at radius 3 is 2.29 bits per heavy atom. The van der Waals surface area contributed by atoms with Gasteiger partial charge in [0.25, 0.3) is 5.82 Å². The maximum Gasteiger partial charge on any atom is 0.250 e. The fraction of sp³-hybridized carbons (Fsp3) is 0.571. The van der Waals surface area contributed by atoms with Gasteiger partial charge in [-0.25, -0.2) is 18.0 Å². The molecule has 0 bridgehead atoms. The molecule has 0 radical (unpaired) electrons. The van der Waals surface area contributed by atoms with Crippen molar-refractivity contribution in [1.82, 2.24) is 4.98 Å². The van der Waals surface area contributed by atoms with E-state index in [9.17, 15) is 13.0 Å². The van der Waals surface area contributed by atoms with E-state index in [1.165, 1.54) is 12.7 Å². The van der Waals surface area contributed by atoms with Gasteiger partial charge < -0.3 is 4.55 Å². The molecule has 0 amide bonds. The number of hydrogen-bond donors (Lipinski definition) is 1. The van der Waals surface area contributed by atoms with Crippen molar-refractivity contribution in [3.63, 3.8) is 0 Å². The van der Waals surface area contributed by atoms with Crippen LogP contribution in [0.1, 0.15) is 12.7 Å². The maximum atomic E-state index is 9.45. The third-order valence-electron chi connectivity index (χ3n) is 1.38. The number of H-pyrrole nitrogens is 1. The molecule has 82 valence electrons. The molecule has 0 fully saturated rings. The summed E-state index contributed by atoms with van der Waals surface area (Å²) in [5.41, 5.74) is 0. The molecule has 0 spiro atoms. The summed E-state index contributed by atoms with van der Waals surface area (Å²) < 4.78 is 34.0. The van der Waals surface area contributed by atoms with Gasteiger partial charge in [-0.2, -0.15) is 0 Å². The van der Waals surface area contributed by atoms with Crippen molar-refractivity contribution in [3.8, 4) is 0 Å². The first-order valence-electron chi connectivity index (χ1n) is 3.96. The lowest BCUT2D eigenvalue weighted by atomic mass is 10.7. The van der Waals surface area contributed by atoms with E-state index in [0.29, 0.717) is 0 Å². The van der Waals surface area contributed by atoms with Crippen molar-refractivity contribution in [3.05, 3.63) is 18.2 Å². The zero-order valence-corrected chi connectivity index (χ0v) is 9.17. The monoisotopic (exact) mass is 222 g/mol. The molecule has 1 aromatic rings. The summed E-state index contributed by atoms with van der Waals surface area (Å²) in [6, 6.07) is 0. The van der Waals surface area contributed by atoms with Crippen molar-refractivity contribution in [2.24, 2.45) is 7.05 Å². The minimum Gasteiger partial charge on any atom is -0.726 e. The molecular weight excluding hydrogens is 208 g/mol. The van der Waals surface area contributed by atoms with E-state index < -0.39 is 10.4 Å². The van der Waals surface area contributed by atoms with E-state index in [1.54, 1.807) is 0 Å². The van der Waals surface area contributed by atoms with Gasteiger partial charge >= 0.3 is 0 Å². The predicted octanol–water partition coefficient (Wildman–Crippen LogP) is -0.369. The summed E-state index contributed by atoms with van der Waals surface area (Å²) >= 11 is 0. The Morgan fingerprint density at radius 1 is 1.64 bits per heavy atom. The highest BCUT2D eigenvalue weighted by molar-refractivity contribution is 7.80. The van der Waals surface area contributed by atoms with Crippen molar-refractivity contribution in [1.29, 1.82) is 0 Å². The second-order valence-corrected chi connectivity index (χ2v) is 3.52. The number of aromatic nitrogens is 2. The van der Waals surface area contributed by atoms with Gasteiger partial charge in [0.15, 0.2) is 0 Å². The van der Waals surface area contributed by atoms with E-state index in [-0.39, 0.29) is 6.61 Å². The van der Waals surface area contributed by atoms with E-state index >= 15 is 0 Å². The Labute approximate surface area is 83.5 Å². The Bertz CT molecular complexity index is 341. The van der Waals surface area contributed by atoms with Gasteiger partial charge in [0, 0.05) is 6.92 Å². The molecule has 7 heteroatoms. The molecule has 0 unspecified atom stereocenters. The first kappa shape index (κ1) is 13.1. The summed E-state index contributed by atoms with van der Waals surface area (Å²) in [4.78, 5) is 3.03. The summed E-state index contributed by atoms with van der Waals surface area (Å²) in [5.74, 6) is 1.18. The van der Waals surface area contributed by atoms with Gasteiger partial charge in [-0.05, 0) is 6.92 Å². The highest BCUT2D eigenvalue weighted by atomic mass is 32.3. The van der Waals surface area contributed by atoms with Crippen LogP contribution in [0.5, 0.6) is 0 Å². The zero-order chi connectivity index (χ0) is 11.2. The van der Waals surface area contributed by atoms with Crippen LogP contribution >= 0.6 is 0 Å². The van der Waals surface area contributed by atoms with E-state index in [0.717, 1.165) is 0 Å². The molecule has 14 heavy (non-hydrogen) atoms. The molecule has 6 nitrogen and oxygen atoms in total. The van der Waals surface area contributed by atoms with Crippen LogP contribution in [0.4, 0.5) is 0 Å². The second-order valence-electron chi connectivity index (χ2n) is 2.47. The number of nitrogens with zero attached hydrogens (tertiary/aromatic N) is 1. The molecule has 0 saturated carbocycles. The lowest BCUT2D eigenvalue weighted by Crippen LogP contribution is -2.27. The van der Waals surface area contributed by atoms with Crippen molar-refractivity contribution >= 4 is 10.4 Å². The van der Waals surface area contributed by atoms with E-state index in [1.807, 2.05) is 30.9 Å². The third kappa shape index (κ3) is 6.58. The molecule has 0 aromatic carbocycles. The summed E-state index contributed by atoms with van der Waals surface area (Å²) in [6.07, 6.45) is 3.89. The fourth-order valence-electron chi connectivity index (χ4n) is 0.628. The molecule has 1 aromatic heterocycles. The molecule has 0 aliphatic rings. The Balaban J connectivity index is 0.000000241. The van der Waals surface area contributed by atoms with Gasteiger partial charge in [-0.15, -0.1) is 0 Å². The molecular formula is C7H14N2O4S. The minimum atomic E-state index is -4.42.